The molecule has 1 amide bonds. The van der Waals surface area contributed by atoms with Crippen molar-refractivity contribution in [2.45, 2.75) is 13.0 Å². The summed E-state index contributed by atoms with van der Waals surface area (Å²) in [6, 6.07) is 10.9. The predicted octanol–water partition coefficient (Wildman–Crippen LogP) is 3.00. The molecular formula is C19H15F2N5O. The second-order valence-electron chi connectivity index (χ2n) is 6.19. The van der Waals surface area contributed by atoms with Gasteiger partial charge in [0.15, 0.2) is 5.82 Å². The number of nitrogens with one attached hydrogen (secondary N) is 1. The van der Waals surface area contributed by atoms with E-state index in [1.165, 1.54) is 28.9 Å². The Morgan fingerprint density at radius 3 is 2.26 bits per heavy atom. The SMILES string of the molecule is CC1=C(C(N)=O)[C@H](c2ccc(F)cc2)n2nc(-c3ccc(F)cc3)nc2N1. The number of anilines is 1. The average molecular weight is 367 g/mol. The van der Waals surface area contributed by atoms with E-state index in [1.54, 1.807) is 31.2 Å². The standard InChI is InChI=1S/C19H15F2N5O/c1-10-15(17(22)27)16(11-2-6-13(20)7-3-11)26-19(23-10)24-18(25-26)12-4-8-14(21)9-5-12/h2-9,16H,1H3,(H2,22,27)(H,23,24,25)/t16-/m0/s1. The lowest BCUT2D eigenvalue weighted by Crippen LogP contribution is -2.31. The number of rotatable bonds is 3. The second kappa shape index (κ2) is 6.31. The average Bonchev–Trinajstić information content (AvgIpc) is 3.05. The van der Waals surface area contributed by atoms with Crippen molar-refractivity contribution in [2.24, 2.45) is 5.73 Å². The number of hydrogen-bond acceptors (Lipinski definition) is 4. The first-order chi connectivity index (χ1) is 12.9. The number of aromatic nitrogens is 3. The molecule has 1 aliphatic heterocycles. The third-order valence-electron chi connectivity index (χ3n) is 4.41. The minimum Gasteiger partial charge on any atom is -0.366 e. The first kappa shape index (κ1) is 16.9. The van der Waals surface area contributed by atoms with E-state index < -0.39 is 11.9 Å². The Labute approximate surface area is 153 Å². The summed E-state index contributed by atoms with van der Waals surface area (Å²) in [5.41, 5.74) is 7.71. The fourth-order valence-corrected chi connectivity index (χ4v) is 3.14. The van der Waals surface area contributed by atoms with Gasteiger partial charge in [0, 0.05) is 11.3 Å². The summed E-state index contributed by atoms with van der Waals surface area (Å²) in [4.78, 5) is 16.5. The normalized spacial score (nSPS) is 16.0. The summed E-state index contributed by atoms with van der Waals surface area (Å²) in [5.74, 6) is -0.591. The van der Waals surface area contributed by atoms with Crippen LogP contribution in [0.15, 0.2) is 59.8 Å². The quantitative estimate of drug-likeness (QED) is 0.745. The second-order valence-corrected chi connectivity index (χ2v) is 6.19. The number of nitrogens with two attached hydrogens (primary N) is 1. The number of nitrogens with zero attached hydrogens (tertiary/aromatic N) is 3. The number of carbonyl (C=O) groups excluding carboxylic acids is 1. The highest BCUT2D eigenvalue weighted by Crippen LogP contribution is 2.36. The van der Waals surface area contributed by atoms with Crippen molar-refractivity contribution < 1.29 is 13.6 Å². The van der Waals surface area contributed by atoms with Gasteiger partial charge < -0.3 is 11.1 Å². The molecule has 1 aliphatic rings. The Kier molecular flexibility index (Phi) is 3.95. The maximum atomic E-state index is 13.4. The van der Waals surface area contributed by atoms with Crippen molar-refractivity contribution in [3.63, 3.8) is 0 Å². The summed E-state index contributed by atoms with van der Waals surface area (Å²) in [6.45, 7) is 1.71. The number of benzene rings is 2. The van der Waals surface area contributed by atoms with Gasteiger partial charge in [0.2, 0.25) is 11.9 Å². The van der Waals surface area contributed by atoms with Crippen LogP contribution in [0, 0.1) is 11.6 Å². The maximum Gasteiger partial charge on any atom is 0.248 e. The fourth-order valence-electron chi connectivity index (χ4n) is 3.14. The lowest BCUT2D eigenvalue weighted by atomic mass is 9.95. The molecule has 0 spiro atoms. The van der Waals surface area contributed by atoms with Crippen LogP contribution in [-0.4, -0.2) is 20.7 Å². The zero-order chi connectivity index (χ0) is 19.1. The molecule has 0 fully saturated rings. The van der Waals surface area contributed by atoms with Crippen molar-refractivity contribution >= 4 is 11.9 Å². The number of halogens is 2. The van der Waals surface area contributed by atoms with E-state index in [4.69, 9.17) is 5.73 Å². The molecule has 27 heavy (non-hydrogen) atoms. The molecule has 2 aromatic carbocycles. The molecule has 0 radical (unpaired) electrons. The molecule has 0 bridgehead atoms. The number of primary amides is 1. The lowest BCUT2D eigenvalue weighted by Gasteiger charge is -2.27. The van der Waals surface area contributed by atoms with Crippen LogP contribution in [0.25, 0.3) is 11.4 Å². The first-order valence-corrected chi connectivity index (χ1v) is 8.19. The van der Waals surface area contributed by atoms with Gasteiger partial charge in [0.05, 0.1) is 5.57 Å². The topological polar surface area (TPSA) is 85.8 Å². The molecule has 136 valence electrons. The smallest absolute Gasteiger partial charge is 0.248 e. The van der Waals surface area contributed by atoms with Gasteiger partial charge in [-0.05, 0) is 48.9 Å². The van der Waals surface area contributed by atoms with Gasteiger partial charge in [0.25, 0.3) is 0 Å². The largest absolute Gasteiger partial charge is 0.366 e. The highest BCUT2D eigenvalue weighted by Gasteiger charge is 2.33. The Morgan fingerprint density at radius 2 is 1.67 bits per heavy atom. The molecule has 0 aliphatic carbocycles. The zero-order valence-electron chi connectivity index (χ0n) is 14.3. The summed E-state index contributed by atoms with van der Waals surface area (Å²) < 4.78 is 28.1. The minimum absolute atomic E-state index is 0.310. The van der Waals surface area contributed by atoms with Crippen molar-refractivity contribution in [2.75, 3.05) is 5.32 Å². The van der Waals surface area contributed by atoms with Gasteiger partial charge in [0.1, 0.15) is 17.7 Å². The number of fused-ring (bicyclic) bond motifs is 1. The number of hydrogen-bond donors (Lipinski definition) is 2. The molecule has 8 heteroatoms. The molecule has 3 aromatic rings. The van der Waals surface area contributed by atoms with Crippen molar-refractivity contribution in [3.8, 4) is 11.4 Å². The van der Waals surface area contributed by atoms with E-state index in [1.807, 2.05) is 0 Å². The van der Waals surface area contributed by atoms with E-state index in [2.05, 4.69) is 15.4 Å². The van der Waals surface area contributed by atoms with E-state index in [0.29, 0.717) is 34.2 Å². The molecule has 1 atom stereocenters. The van der Waals surface area contributed by atoms with Crippen molar-refractivity contribution in [1.82, 2.24) is 14.8 Å². The summed E-state index contributed by atoms with van der Waals surface area (Å²) in [6.07, 6.45) is 0. The molecule has 6 nitrogen and oxygen atoms in total. The fraction of sp³-hybridized carbons (Fsp3) is 0.105. The Hall–Kier alpha value is -3.55. The van der Waals surface area contributed by atoms with Gasteiger partial charge in [-0.25, -0.2) is 13.5 Å². The van der Waals surface area contributed by atoms with Gasteiger partial charge in [-0.3, -0.25) is 4.79 Å². The van der Waals surface area contributed by atoms with Gasteiger partial charge in [-0.15, -0.1) is 5.10 Å². The molecule has 4 rings (SSSR count). The number of amides is 1. The van der Waals surface area contributed by atoms with Gasteiger partial charge in [-0.1, -0.05) is 12.1 Å². The molecule has 0 saturated heterocycles. The molecule has 3 N–H and O–H groups in total. The van der Waals surface area contributed by atoms with Crippen LogP contribution in [0.5, 0.6) is 0 Å². The molecule has 0 saturated carbocycles. The minimum atomic E-state index is -0.652. The first-order valence-electron chi connectivity index (χ1n) is 8.19. The Morgan fingerprint density at radius 1 is 1.07 bits per heavy atom. The third kappa shape index (κ3) is 2.95. The van der Waals surface area contributed by atoms with Crippen molar-refractivity contribution in [3.05, 3.63) is 77.0 Å². The van der Waals surface area contributed by atoms with Crippen LogP contribution in [-0.2, 0) is 4.79 Å². The highest BCUT2D eigenvalue weighted by atomic mass is 19.1. The molecule has 2 heterocycles. The maximum absolute atomic E-state index is 13.4. The van der Waals surface area contributed by atoms with Crippen LogP contribution in [0.3, 0.4) is 0 Å². The zero-order valence-corrected chi connectivity index (χ0v) is 14.3. The number of allylic oxidation sites excluding steroid dienone is 1. The van der Waals surface area contributed by atoms with Crippen LogP contribution in [0.2, 0.25) is 0 Å². The van der Waals surface area contributed by atoms with E-state index in [-0.39, 0.29) is 11.6 Å². The van der Waals surface area contributed by atoms with Crippen molar-refractivity contribution in [1.29, 1.82) is 0 Å². The Bertz CT molecular complexity index is 1050. The van der Waals surface area contributed by atoms with Crippen LogP contribution >= 0.6 is 0 Å². The van der Waals surface area contributed by atoms with E-state index >= 15 is 0 Å². The summed E-state index contributed by atoms with van der Waals surface area (Å²) in [5, 5.41) is 7.51. The van der Waals surface area contributed by atoms with E-state index in [9.17, 15) is 13.6 Å². The summed E-state index contributed by atoms with van der Waals surface area (Å²) in [7, 11) is 0. The van der Waals surface area contributed by atoms with Crippen LogP contribution in [0.4, 0.5) is 14.7 Å². The van der Waals surface area contributed by atoms with Crippen LogP contribution < -0.4 is 11.1 Å². The Balaban J connectivity index is 1.87. The molecular weight excluding hydrogens is 352 g/mol. The third-order valence-corrected chi connectivity index (χ3v) is 4.41. The molecule has 0 unspecified atom stereocenters. The predicted molar refractivity (Wildman–Crippen MR) is 95.5 cm³/mol. The summed E-state index contributed by atoms with van der Waals surface area (Å²) >= 11 is 0. The van der Waals surface area contributed by atoms with Gasteiger partial charge in [-0.2, -0.15) is 4.98 Å². The van der Waals surface area contributed by atoms with Gasteiger partial charge >= 0.3 is 0 Å². The highest BCUT2D eigenvalue weighted by molar-refractivity contribution is 5.95. The number of carbonyl (C=O) groups is 1. The van der Waals surface area contributed by atoms with Crippen LogP contribution in [0.1, 0.15) is 18.5 Å². The lowest BCUT2D eigenvalue weighted by molar-refractivity contribution is -0.115. The monoisotopic (exact) mass is 367 g/mol. The van der Waals surface area contributed by atoms with E-state index in [0.717, 1.165) is 0 Å². The molecule has 1 aromatic heterocycles.